The van der Waals surface area contributed by atoms with E-state index in [2.05, 4.69) is 18.0 Å². The third-order valence-electron chi connectivity index (χ3n) is 2.51. The van der Waals surface area contributed by atoms with Gasteiger partial charge in [0.2, 0.25) is 0 Å². The predicted molar refractivity (Wildman–Crippen MR) is 45.1 cm³/mol. The predicted octanol–water partition coefficient (Wildman–Crippen LogP) is 1.77. The number of hydrogen-bond acceptors (Lipinski definition) is 2. The lowest BCUT2D eigenvalue weighted by Crippen LogP contribution is -2.35. The Morgan fingerprint density at radius 1 is 1.55 bits per heavy atom. The van der Waals surface area contributed by atoms with Crippen molar-refractivity contribution in [2.45, 2.75) is 38.1 Å². The minimum atomic E-state index is 0.684. The summed E-state index contributed by atoms with van der Waals surface area (Å²) in [5.74, 6) is 0. The number of nitriles is 1. The Bertz CT molecular complexity index is 148. The molecule has 1 rings (SSSR count). The summed E-state index contributed by atoms with van der Waals surface area (Å²) in [6, 6.07) is 2.89. The molecule has 1 aliphatic heterocycles. The molecule has 11 heavy (non-hydrogen) atoms. The lowest BCUT2D eigenvalue weighted by Gasteiger charge is -2.31. The molecule has 2 nitrogen and oxygen atoms in total. The van der Waals surface area contributed by atoms with E-state index in [4.69, 9.17) is 5.26 Å². The summed E-state index contributed by atoms with van der Waals surface area (Å²) in [5, 5.41) is 8.41. The van der Waals surface area contributed by atoms with Crippen LogP contribution in [0.1, 0.15) is 32.1 Å². The van der Waals surface area contributed by atoms with Gasteiger partial charge in [-0.05, 0) is 32.9 Å². The molecule has 0 bridgehead atoms. The summed E-state index contributed by atoms with van der Waals surface area (Å²) in [6.45, 7) is 1.22. The first kappa shape index (κ1) is 8.55. The lowest BCUT2D eigenvalue weighted by atomic mass is 9.99. The van der Waals surface area contributed by atoms with Gasteiger partial charge in [-0.15, -0.1) is 0 Å². The Kier molecular flexibility index (Phi) is 3.38. The van der Waals surface area contributed by atoms with Crippen LogP contribution in [-0.2, 0) is 0 Å². The van der Waals surface area contributed by atoms with Gasteiger partial charge in [0.05, 0.1) is 6.07 Å². The molecule has 0 aromatic heterocycles. The van der Waals surface area contributed by atoms with Gasteiger partial charge in [0.15, 0.2) is 0 Å². The maximum absolute atomic E-state index is 8.41. The Hall–Kier alpha value is -0.550. The molecule has 1 fully saturated rings. The molecule has 0 aromatic rings. The maximum Gasteiger partial charge on any atom is 0.0622 e. The summed E-state index contributed by atoms with van der Waals surface area (Å²) in [4.78, 5) is 2.39. The minimum Gasteiger partial charge on any atom is -0.303 e. The fourth-order valence-electron chi connectivity index (χ4n) is 1.74. The molecule has 0 aliphatic carbocycles. The van der Waals surface area contributed by atoms with Crippen molar-refractivity contribution in [3.63, 3.8) is 0 Å². The van der Waals surface area contributed by atoms with E-state index in [9.17, 15) is 0 Å². The third-order valence-corrected chi connectivity index (χ3v) is 2.51. The first-order valence-corrected chi connectivity index (χ1v) is 4.42. The van der Waals surface area contributed by atoms with Crippen molar-refractivity contribution >= 4 is 0 Å². The van der Waals surface area contributed by atoms with E-state index >= 15 is 0 Å². The molecule has 0 aromatic carbocycles. The molecule has 1 unspecified atom stereocenters. The fourth-order valence-corrected chi connectivity index (χ4v) is 1.74. The van der Waals surface area contributed by atoms with Crippen LogP contribution in [-0.4, -0.2) is 24.5 Å². The highest BCUT2D eigenvalue weighted by atomic mass is 15.1. The number of likely N-dealkylation sites (tertiary alicyclic amines) is 1. The summed E-state index contributed by atoms with van der Waals surface area (Å²) in [7, 11) is 2.17. The van der Waals surface area contributed by atoms with E-state index in [-0.39, 0.29) is 0 Å². The van der Waals surface area contributed by atoms with Gasteiger partial charge in [-0.2, -0.15) is 5.26 Å². The molecule has 0 amide bonds. The topological polar surface area (TPSA) is 27.0 Å². The zero-order valence-electron chi connectivity index (χ0n) is 7.21. The van der Waals surface area contributed by atoms with Crippen molar-refractivity contribution in [1.82, 2.24) is 4.90 Å². The highest BCUT2D eigenvalue weighted by Gasteiger charge is 2.17. The van der Waals surface area contributed by atoms with E-state index in [0.717, 1.165) is 12.8 Å². The van der Waals surface area contributed by atoms with Crippen LogP contribution >= 0.6 is 0 Å². The molecule has 1 saturated heterocycles. The molecule has 62 valence electrons. The maximum atomic E-state index is 8.41. The average Bonchev–Trinajstić information content (AvgIpc) is 2.03. The number of rotatable bonds is 2. The first-order chi connectivity index (χ1) is 5.34. The highest BCUT2D eigenvalue weighted by molar-refractivity contribution is 4.79. The molecule has 2 heteroatoms. The summed E-state index contributed by atoms with van der Waals surface area (Å²) < 4.78 is 0. The van der Waals surface area contributed by atoms with Crippen LogP contribution in [0.4, 0.5) is 0 Å². The molecule has 0 saturated carbocycles. The first-order valence-electron chi connectivity index (χ1n) is 4.42. The zero-order chi connectivity index (χ0) is 8.10. The SMILES string of the molecule is CN1CCCCC1CCC#N. The standard InChI is InChI=1S/C9H16N2/c1-11-8-3-2-5-9(11)6-4-7-10/h9H,2-6,8H2,1H3. The average molecular weight is 152 g/mol. The lowest BCUT2D eigenvalue weighted by molar-refractivity contribution is 0.177. The summed E-state index contributed by atoms with van der Waals surface area (Å²) >= 11 is 0. The second-order valence-electron chi connectivity index (χ2n) is 3.33. The van der Waals surface area contributed by atoms with Crippen LogP contribution in [0.5, 0.6) is 0 Å². The van der Waals surface area contributed by atoms with Crippen molar-refractivity contribution in [1.29, 1.82) is 5.26 Å². The number of nitrogens with zero attached hydrogens (tertiary/aromatic N) is 2. The van der Waals surface area contributed by atoms with Crippen molar-refractivity contribution < 1.29 is 0 Å². The van der Waals surface area contributed by atoms with E-state index in [1.54, 1.807) is 0 Å². The Balaban J connectivity index is 2.25. The van der Waals surface area contributed by atoms with Gasteiger partial charge in [0.1, 0.15) is 0 Å². The van der Waals surface area contributed by atoms with Crippen LogP contribution in [0.15, 0.2) is 0 Å². The molecule has 1 heterocycles. The van der Waals surface area contributed by atoms with Gasteiger partial charge in [-0.25, -0.2) is 0 Å². The van der Waals surface area contributed by atoms with Crippen LogP contribution in [0, 0.1) is 11.3 Å². The highest BCUT2D eigenvalue weighted by Crippen LogP contribution is 2.18. The number of hydrogen-bond donors (Lipinski definition) is 0. The van der Waals surface area contributed by atoms with Crippen LogP contribution < -0.4 is 0 Å². The van der Waals surface area contributed by atoms with Gasteiger partial charge in [-0.3, -0.25) is 0 Å². The van der Waals surface area contributed by atoms with Crippen molar-refractivity contribution in [3.8, 4) is 6.07 Å². The third kappa shape index (κ3) is 2.51. The van der Waals surface area contributed by atoms with Crippen LogP contribution in [0.25, 0.3) is 0 Å². The van der Waals surface area contributed by atoms with E-state index in [1.807, 2.05) is 0 Å². The summed E-state index contributed by atoms with van der Waals surface area (Å²) in [5.41, 5.74) is 0. The Morgan fingerprint density at radius 2 is 2.36 bits per heavy atom. The molecule has 1 atom stereocenters. The van der Waals surface area contributed by atoms with Crippen molar-refractivity contribution in [2.75, 3.05) is 13.6 Å². The van der Waals surface area contributed by atoms with Gasteiger partial charge in [-0.1, -0.05) is 6.42 Å². The van der Waals surface area contributed by atoms with E-state index < -0.39 is 0 Å². The van der Waals surface area contributed by atoms with Crippen molar-refractivity contribution in [3.05, 3.63) is 0 Å². The quantitative estimate of drug-likeness (QED) is 0.603. The molecule has 0 spiro atoms. The van der Waals surface area contributed by atoms with Crippen LogP contribution in [0.2, 0.25) is 0 Å². The molecule has 0 radical (unpaired) electrons. The van der Waals surface area contributed by atoms with E-state index in [0.29, 0.717) is 6.04 Å². The monoisotopic (exact) mass is 152 g/mol. The van der Waals surface area contributed by atoms with E-state index in [1.165, 1.54) is 25.8 Å². The normalized spacial score (nSPS) is 26.4. The molecular formula is C9H16N2. The second kappa shape index (κ2) is 4.35. The molecule has 0 N–H and O–H groups in total. The molecule has 1 aliphatic rings. The number of piperidine rings is 1. The summed E-state index contributed by atoms with van der Waals surface area (Å²) in [6.07, 6.45) is 5.75. The van der Waals surface area contributed by atoms with Crippen LogP contribution in [0.3, 0.4) is 0 Å². The molecular weight excluding hydrogens is 136 g/mol. The largest absolute Gasteiger partial charge is 0.303 e. The van der Waals surface area contributed by atoms with Gasteiger partial charge in [0, 0.05) is 12.5 Å². The van der Waals surface area contributed by atoms with Crippen molar-refractivity contribution in [2.24, 2.45) is 0 Å². The minimum absolute atomic E-state index is 0.684. The second-order valence-corrected chi connectivity index (χ2v) is 3.33. The van der Waals surface area contributed by atoms with Gasteiger partial charge >= 0.3 is 0 Å². The van der Waals surface area contributed by atoms with Gasteiger partial charge in [0.25, 0.3) is 0 Å². The zero-order valence-corrected chi connectivity index (χ0v) is 7.21. The van der Waals surface area contributed by atoms with Gasteiger partial charge < -0.3 is 4.90 Å². The smallest absolute Gasteiger partial charge is 0.0622 e. The Morgan fingerprint density at radius 3 is 3.00 bits per heavy atom. The Labute approximate surface area is 68.8 Å². The fraction of sp³-hybridized carbons (Fsp3) is 0.889.